The van der Waals surface area contributed by atoms with Crippen LogP contribution in [-0.2, 0) is 15.0 Å². The molecule has 0 bridgehead atoms. The number of para-hydroxylation sites is 1. The lowest BCUT2D eigenvalue weighted by Gasteiger charge is -2.30. The standard InChI is InChI=1S/C29H34N4O5/c1-17(2)13-24(31-26(35)23-14-19-21(30-23)9-6-10-25(19)38-3)27(36)33-16-29(15-18(33)11-12-34)20-7-4-5-8-22(20)32-28(29)37/h4-10,14,17-18,24,30,34H,11-13,15-16H2,1-3H3,(H,31,35)(H,32,37)/t18-,24?,29+/m1/s1. The Morgan fingerprint density at radius 1 is 1.21 bits per heavy atom. The number of H-pyrrole nitrogens is 1. The quantitative estimate of drug-likeness (QED) is 0.365. The molecule has 3 aromatic rings. The summed E-state index contributed by atoms with van der Waals surface area (Å²) < 4.78 is 5.41. The smallest absolute Gasteiger partial charge is 0.268 e. The van der Waals surface area contributed by atoms with Gasteiger partial charge in [-0.2, -0.15) is 0 Å². The van der Waals surface area contributed by atoms with Gasteiger partial charge in [0, 0.05) is 35.8 Å². The van der Waals surface area contributed by atoms with E-state index in [-0.39, 0.29) is 42.8 Å². The summed E-state index contributed by atoms with van der Waals surface area (Å²) in [5.41, 5.74) is 1.86. The lowest BCUT2D eigenvalue weighted by molar-refractivity contribution is -0.135. The summed E-state index contributed by atoms with van der Waals surface area (Å²) in [6.45, 7) is 4.09. The lowest BCUT2D eigenvalue weighted by atomic mass is 9.79. The maximum atomic E-state index is 14.0. The number of fused-ring (bicyclic) bond motifs is 3. The molecule has 4 N–H and O–H groups in total. The third-order valence-corrected chi connectivity index (χ3v) is 7.74. The van der Waals surface area contributed by atoms with Gasteiger partial charge in [-0.25, -0.2) is 0 Å². The van der Waals surface area contributed by atoms with Gasteiger partial charge >= 0.3 is 0 Å². The predicted octanol–water partition coefficient (Wildman–Crippen LogP) is 3.19. The summed E-state index contributed by atoms with van der Waals surface area (Å²) in [6.07, 6.45) is 1.21. The molecule has 0 radical (unpaired) electrons. The number of anilines is 1. The number of aromatic nitrogens is 1. The molecule has 200 valence electrons. The number of hydrogen-bond donors (Lipinski definition) is 4. The van der Waals surface area contributed by atoms with Crippen molar-refractivity contribution in [3.63, 3.8) is 0 Å². The Hall–Kier alpha value is -3.85. The van der Waals surface area contributed by atoms with Gasteiger partial charge in [0.25, 0.3) is 5.91 Å². The number of hydrogen-bond acceptors (Lipinski definition) is 5. The molecule has 2 aliphatic heterocycles. The summed E-state index contributed by atoms with van der Waals surface area (Å²) in [7, 11) is 1.58. The first kappa shape index (κ1) is 25.8. The molecule has 3 heterocycles. The van der Waals surface area contributed by atoms with Crippen LogP contribution in [0.1, 0.15) is 49.2 Å². The molecule has 1 saturated heterocycles. The van der Waals surface area contributed by atoms with Crippen molar-refractivity contribution in [1.82, 2.24) is 15.2 Å². The van der Waals surface area contributed by atoms with E-state index in [1.165, 1.54) is 0 Å². The number of aromatic amines is 1. The normalized spacial score (nSPS) is 21.1. The second-order valence-electron chi connectivity index (χ2n) is 10.7. The highest BCUT2D eigenvalue weighted by Crippen LogP contribution is 2.47. The number of amides is 3. The van der Waals surface area contributed by atoms with Crippen LogP contribution in [0.25, 0.3) is 10.9 Å². The summed E-state index contributed by atoms with van der Waals surface area (Å²) >= 11 is 0. The summed E-state index contributed by atoms with van der Waals surface area (Å²) in [5.74, 6) is 0.0211. The molecule has 1 unspecified atom stereocenters. The SMILES string of the molecule is COc1cccc2[nH]c(C(=O)NC(CC(C)C)C(=O)N3C[C@]4(C[C@H]3CCO)C(=O)Nc3ccccc34)cc12. The minimum atomic E-state index is -0.869. The Morgan fingerprint density at radius 2 is 2.00 bits per heavy atom. The zero-order valence-corrected chi connectivity index (χ0v) is 21.9. The van der Waals surface area contributed by atoms with Gasteiger partial charge in [-0.15, -0.1) is 0 Å². The number of rotatable bonds is 8. The van der Waals surface area contributed by atoms with Crippen molar-refractivity contribution in [2.24, 2.45) is 5.92 Å². The van der Waals surface area contributed by atoms with Crippen LogP contribution in [0, 0.1) is 5.92 Å². The monoisotopic (exact) mass is 518 g/mol. The molecule has 5 rings (SSSR count). The molecule has 3 atom stereocenters. The molecular formula is C29H34N4O5. The topological polar surface area (TPSA) is 124 Å². The number of aliphatic hydroxyl groups excluding tert-OH is 1. The maximum absolute atomic E-state index is 14.0. The highest BCUT2D eigenvalue weighted by molar-refractivity contribution is 6.07. The van der Waals surface area contributed by atoms with E-state index in [1.807, 2.05) is 56.3 Å². The molecule has 3 amide bonds. The van der Waals surface area contributed by atoms with Crippen LogP contribution >= 0.6 is 0 Å². The summed E-state index contributed by atoms with van der Waals surface area (Å²) in [5, 5.41) is 16.5. The van der Waals surface area contributed by atoms with Gasteiger partial charge < -0.3 is 30.4 Å². The fourth-order valence-electron chi connectivity index (χ4n) is 5.95. The minimum absolute atomic E-state index is 0.105. The van der Waals surface area contributed by atoms with E-state index in [4.69, 9.17) is 4.74 Å². The van der Waals surface area contributed by atoms with Crippen molar-refractivity contribution in [3.05, 3.63) is 59.8 Å². The molecule has 2 aliphatic rings. The van der Waals surface area contributed by atoms with Crippen LogP contribution < -0.4 is 15.4 Å². The van der Waals surface area contributed by atoms with Crippen LogP contribution in [0.5, 0.6) is 5.75 Å². The van der Waals surface area contributed by atoms with Crippen molar-refractivity contribution in [2.75, 3.05) is 25.6 Å². The van der Waals surface area contributed by atoms with E-state index in [9.17, 15) is 19.5 Å². The molecule has 1 aromatic heterocycles. The average Bonchev–Trinajstić information content (AvgIpc) is 3.58. The Balaban J connectivity index is 1.43. The Bertz CT molecular complexity index is 1380. The van der Waals surface area contributed by atoms with E-state index >= 15 is 0 Å². The highest BCUT2D eigenvalue weighted by Gasteiger charge is 2.56. The molecule has 9 nitrogen and oxygen atoms in total. The first-order valence-corrected chi connectivity index (χ1v) is 13.1. The Kier molecular flexibility index (Phi) is 6.88. The summed E-state index contributed by atoms with van der Waals surface area (Å²) in [4.78, 5) is 45.4. The van der Waals surface area contributed by atoms with E-state index in [0.717, 1.165) is 22.2 Å². The van der Waals surface area contributed by atoms with Gasteiger partial charge in [-0.05, 0) is 55.0 Å². The van der Waals surface area contributed by atoms with Gasteiger partial charge in [0.1, 0.15) is 17.5 Å². The van der Waals surface area contributed by atoms with Crippen molar-refractivity contribution in [3.8, 4) is 5.75 Å². The average molecular weight is 519 g/mol. The third-order valence-electron chi connectivity index (χ3n) is 7.74. The number of nitrogens with zero attached hydrogens (tertiary/aromatic N) is 1. The highest BCUT2D eigenvalue weighted by atomic mass is 16.5. The summed E-state index contributed by atoms with van der Waals surface area (Å²) in [6, 6.07) is 13.7. The number of methoxy groups -OCH3 is 1. The van der Waals surface area contributed by atoms with Gasteiger partial charge in [0.05, 0.1) is 12.5 Å². The van der Waals surface area contributed by atoms with Crippen LogP contribution in [0.2, 0.25) is 0 Å². The van der Waals surface area contributed by atoms with Crippen molar-refractivity contribution in [2.45, 2.75) is 50.6 Å². The number of ether oxygens (including phenoxy) is 1. The molecule has 0 aliphatic carbocycles. The minimum Gasteiger partial charge on any atom is -0.496 e. The van der Waals surface area contributed by atoms with Crippen molar-refractivity contribution >= 4 is 34.3 Å². The Morgan fingerprint density at radius 3 is 2.74 bits per heavy atom. The van der Waals surface area contributed by atoms with Crippen LogP contribution in [-0.4, -0.2) is 65.1 Å². The van der Waals surface area contributed by atoms with Crippen LogP contribution in [0.3, 0.4) is 0 Å². The second kappa shape index (κ2) is 10.1. The van der Waals surface area contributed by atoms with Gasteiger partial charge in [0.15, 0.2) is 0 Å². The predicted molar refractivity (Wildman–Crippen MR) is 144 cm³/mol. The second-order valence-corrected chi connectivity index (χ2v) is 10.7. The van der Waals surface area contributed by atoms with Gasteiger partial charge in [-0.3, -0.25) is 14.4 Å². The molecule has 0 saturated carbocycles. The van der Waals surface area contributed by atoms with E-state index in [0.29, 0.717) is 30.7 Å². The van der Waals surface area contributed by atoms with E-state index in [2.05, 4.69) is 15.6 Å². The maximum Gasteiger partial charge on any atom is 0.268 e. The number of carbonyl (C=O) groups is 3. The molecule has 9 heteroatoms. The zero-order valence-electron chi connectivity index (χ0n) is 21.9. The number of benzene rings is 2. The van der Waals surface area contributed by atoms with E-state index in [1.54, 1.807) is 18.1 Å². The molecular weight excluding hydrogens is 484 g/mol. The largest absolute Gasteiger partial charge is 0.496 e. The molecule has 1 spiro atoms. The fraction of sp³-hybridized carbons (Fsp3) is 0.414. The van der Waals surface area contributed by atoms with Gasteiger partial charge in [-0.1, -0.05) is 38.1 Å². The van der Waals surface area contributed by atoms with Gasteiger partial charge in [0.2, 0.25) is 11.8 Å². The number of aliphatic hydroxyl groups is 1. The fourth-order valence-corrected chi connectivity index (χ4v) is 5.95. The lowest BCUT2D eigenvalue weighted by Crippen LogP contribution is -2.51. The molecule has 2 aromatic carbocycles. The zero-order chi connectivity index (χ0) is 27.0. The van der Waals surface area contributed by atoms with Crippen molar-refractivity contribution in [1.29, 1.82) is 0 Å². The number of likely N-dealkylation sites (tertiary alicyclic amines) is 1. The molecule has 1 fully saturated rings. The first-order valence-electron chi connectivity index (χ1n) is 13.1. The Labute approximate surface area is 221 Å². The number of carbonyl (C=O) groups excluding carboxylic acids is 3. The molecule has 38 heavy (non-hydrogen) atoms. The van der Waals surface area contributed by atoms with E-state index < -0.39 is 11.5 Å². The van der Waals surface area contributed by atoms with Crippen molar-refractivity contribution < 1.29 is 24.2 Å². The van der Waals surface area contributed by atoms with Crippen LogP contribution in [0.15, 0.2) is 48.5 Å². The van der Waals surface area contributed by atoms with Crippen LogP contribution in [0.4, 0.5) is 5.69 Å². The number of nitrogens with one attached hydrogen (secondary N) is 3. The third kappa shape index (κ3) is 4.41. The first-order chi connectivity index (χ1) is 18.3.